The topological polar surface area (TPSA) is 81.5 Å². The predicted octanol–water partition coefficient (Wildman–Crippen LogP) is 2.28. The first kappa shape index (κ1) is 16.4. The Balaban J connectivity index is 2.54. The predicted molar refractivity (Wildman–Crippen MR) is 76.3 cm³/mol. The molecule has 20 heavy (non-hydrogen) atoms. The SMILES string of the molecule is Cc1ccc([N+](=O)[O-])c(C(=O)NCCCOCCCl)c1. The maximum absolute atomic E-state index is 11.9. The average molecular weight is 301 g/mol. The van der Waals surface area contributed by atoms with Gasteiger partial charge in [0.2, 0.25) is 0 Å². The molecule has 0 unspecified atom stereocenters. The number of alkyl halides is 1. The fourth-order valence-corrected chi connectivity index (χ4v) is 1.73. The number of aryl methyl sites for hydroxylation is 1. The van der Waals surface area contributed by atoms with E-state index < -0.39 is 10.8 Å². The molecule has 0 aliphatic heterocycles. The van der Waals surface area contributed by atoms with Gasteiger partial charge in [0, 0.05) is 25.1 Å². The summed E-state index contributed by atoms with van der Waals surface area (Å²) in [6, 6.07) is 4.46. The van der Waals surface area contributed by atoms with Crippen LogP contribution in [0.15, 0.2) is 18.2 Å². The summed E-state index contributed by atoms with van der Waals surface area (Å²) in [4.78, 5) is 22.3. The molecule has 1 N–H and O–H groups in total. The first-order chi connectivity index (χ1) is 9.56. The van der Waals surface area contributed by atoms with Gasteiger partial charge in [-0.2, -0.15) is 0 Å². The summed E-state index contributed by atoms with van der Waals surface area (Å²) in [5.74, 6) is -0.0141. The van der Waals surface area contributed by atoms with Crippen molar-refractivity contribution in [2.45, 2.75) is 13.3 Å². The fraction of sp³-hybridized carbons (Fsp3) is 0.462. The highest BCUT2D eigenvalue weighted by atomic mass is 35.5. The number of nitrogens with zero attached hydrogens (tertiary/aromatic N) is 1. The number of amides is 1. The number of hydrogen-bond acceptors (Lipinski definition) is 4. The van der Waals surface area contributed by atoms with Crippen LogP contribution in [0, 0.1) is 17.0 Å². The highest BCUT2D eigenvalue weighted by Gasteiger charge is 2.19. The highest BCUT2D eigenvalue weighted by molar-refractivity contribution is 6.17. The molecule has 0 saturated heterocycles. The molecule has 1 aromatic carbocycles. The van der Waals surface area contributed by atoms with Crippen molar-refractivity contribution in [2.75, 3.05) is 25.6 Å². The van der Waals surface area contributed by atoms with E-state index >= 15 is 0 Å². The number of carbonyl (C=O) groups excluding carboxylic acids is 1. The van der Waals surface area contributed by atoms with Gasteiger partial charge in [0.25, 0.3) is 11.6 Å². The monoisotopic (exact) mass is 300 g/mol. The van der Waals surface area contributed by atoms with E-state index in [1.165, 1.54) is 12.1 Å². The molecule has 1 rings (SSSR count). The third-order valence-electron chi connectivity index (χ3n) is 2.57. The summed E-state index contributed by atoms with van der Waals surface area (Å²) < 4.78 is 5.16. The minimum atomic E-state index is -0.558. The van der Waals surface area contributed by atoms with Gasteiger partial charge in [-0.05, 0) is 25.0 Å². The molecule has 0 aromatic heterocycles. The lowest BCUT2D eigenvalue weighted by Crippen LogP contribution is -2.26. The minimum Gasteiger partial charge on any atom is -0.380 e. The first-order valence-electron chi connectivity index (χ1n) is 6.23. The van der Waals surface area contributed by atoms with Crippen LogP contribution >= 0.6 is 11.6 Å². The number of ether oxygens (including phenoxy) is 1. The normalized spacial score (nSPS) is 10.3. The summed E-state index contributed by atoms with van der Waals surface area (Å²) in [5.41, 5.74) is 0.689. The van der Waals surface area contributed by atoms with E-state index in [0.717, 1.165) is 5.56 Å². The van der Waals surface area contributed by atoms with Gasteiger partial charge in [-0.15, -0.1) is 11.6 Å². The molecular weight excluding hydrogens is 284 g/mol. The molecule has 0 heterocycles. The summed E-state index contributed by atoms with van der Waals surface area (Å²) in [5, 5.41) is 13.5. The lowest BCUT2D eigenvalue weighted by atomic mass is 10.1. The number of hydrogen-bond donors (Lipinski definition) is 1. The molecule has 0 aliphatic rings. The van der Waals surface area contributed by atoms with Crippen LogP contribution in [0.4, 0.5) is 5.69 Å². The molecule has 0 radical (unpaired) electrons. The van der Waals surface area contributed by atoms with Crippen LogP contribution in [0.25, 0.3) is 0 Å². The van der Waals surface area contributed by atoms with Crippen LogP contribution < -0.4 is 5.32 Å². The number of carbonyl (C=O) groups is 1. The lowest BCUT2D eigenvalue weighted by Gasteiger charge is -2.07. The second-order valence-electron chi connectivity index (χ2n) is 4.19. The number of nitro groups is 1. The van der Waals surface area contributed by atoms with E-state index in [1.54, 1.807) is 13.0 Å². The van der Waals surface area contributed by atoms with E-state index in [-0.39, 0.29) is 11.3 Å². The summed E-state index contributed by atoms with van der Waals surface area (Å²) in [6.45, 7) is 3.13. The zero-order chi connectivity index (χ0) is 15.0. The van der Waals surface area contributed by atoms with Gasteiger partial charge in [0.1, 0.15) is 5.56 Å². The number of rotatable bonds is 8. The van der Waals surface area contributed by atoms with Crippen LogP contribution in [-0.2, 0) is 4.74 Å². The lowest BCUT2D eigenvalue weighted by molar-refractivity contribution is -0.385. The average Bonchev–Trinajstić information content (AvgIpc) is 2.42. The Labute approximate surface area is 122 Å². The van der Waals surface area contributed by atoms with Crippen LogP contribution in [0.1, 0.15) is 22.3 Å². The van der Waals surface area contributed by atoms with Gasteiger partial charge in [0.05, 0.1) is 11.5 Å². The molecule has 110 valence electrons. The Morgan fingerprint density at radius 2 is 2.20 bits per heavy atom. The van der Waals surface area contributed by atoms with Crippen molar-refractivity contribution in [3.8, 4) is 0 Å². The van der Waals surface area contributed by atoms with Gasteiger partial charge >= 0.3 is 0 Å². The molecule has 0 atom stereocenters. The Bertz CT molecular complexity index is 479. The van der Waals surface area contributed by atoms with Gasteiger partial charge < -0.3 is 10.1 Å². The Kier molecular flexibility index (Phi) is 6.97. The number of nitrogens with one attached hydrogen (secondary N) is 1. The second kappa shape index (κ2) is 8.50. The minimum absolute atomic E-state index is 0.0803. The molecule has 0 spiro atoms. The number of halogens is 1. The molecule has 1 amide bonds. The third kappa shape index (κ3) is 5.14. The molecular formula is C13H17ClN2O4. The molecule has 1 aromatic rings. The Morgan fingerprint density at radius 1 is 1.45 bits per heavy atom. The molecule has 0 bridgehead atoms. The standard InChI is InChI=1S/C13H17ClN2O4/c1-10-3-4-12(16(18)19)11(9-10)13(17)15-6-2-7-20-8-5-14/h3-4,9H,2,5-8H2,1H3,(H,15,17). The van der Waals surface area contributed by atoms with Crippen LogP contribution in [0.5, 0.6) is 0 Å². The third-order valence-corrected chi connectivity index (χ3v) is 2.72. The van der Waals surface area contributed by atoms with Crippen LogP contribution in [0.2, 0.25) is 0 Å². The maximum Gasteiger partial charge on any atom is 0.282 e. The zero-order valence-corrected chi connectivity index (χ0v) is 12.0. The van der Waals surface area contributed by atoms with Crippen molar-refractivity contribution >= 4 is 23.2 Å². The van der Waals surface area contributed by atoms with Gasteiger partial charge in [0.15, 0.2) is 0 Å². The summed E-state index contributed by atoms with van der Waals surface area (Å²) in [7, 11) is 0. The Hall–Kier alpha value is -1.66. The van der Waals surface area contributed by atoms with E-state index in [2.05, 4.69) is 5.32 Å². The molecule has 7 heteroatoms. The van der Waals surface area contributed by atoms with E-state index in [4.69, 9.17) is 16.3 Å². The van der Waals surface area contributed by atoms with Crippen LogP contribution in [0.3, 0.4) is 0 Å². The zero-order valence-electron chi connectivity index (χ0n) is 11.2. The summed E-state index contributed by atoms with van der Waals surface area (Å²) in [6.07, 6.45) is 0.627. The van der Waals surface area contributed by atoms with Crippen molar-refractivity contribution < 1.29 is 14.5 Å². The number of nitro benzene ring substituents is 1. The van der Waals surface area contributed by atoms with E-state index in [1.807, 2.05) is 0 Å². The fourth-order valence-electron chi connectivity index (χ4n) is 1.62. The van der Waals surface area contributed by atoms with E-state index in [0.29, 0.717) is 32.1 Å². The van der Waals surface area contributed by atoms with Crippen molar-refractivity contribution in [2.24, 2.45) is 0 Å². The quantitative estimate of drug-likeness (QED) is 0.345. The van der Waals surface area contributed by atoms with Gasteiger partial charge in [-0.1, -0.05) is 6.07 Å². The van der Waals surface area contributed by atoms with Crippen LogP contribution in [-0.4, -0.2) is 36.5 Å². The van der Waals surface area contributed by atoms with Crippen molar-refractivity contribution in [3.63, 3.8) is 0 Å². The largest absolute Gasteiger partial charge is 0.380 e. The maximum atomic E-state index is 11.9. The van der Waals surface area contributed by atoms with Crippen molar-refractivity contribution in [1.82, 2.24) is 5.32 Å². The Morgan fingerprint density at radius 3 is 2.85 bits per heavy atom. The van der Waals surface area contributed by atoms with Gasteiger partial charge in [-0.25, -0.2) is 0 Å². The first-order valence-corrected chi connectivity index (χ1v) is 6.76. The summed E-state index contributed by atoms with van der Waals surface area (Å²) >= 11 is 5.45. The number of benzene rings is 1. The smallest absolute Gasteiger partial charge is 0.282 e. The van der Waals surface area contributed by atoms with Crippen molar-refractivity contribution in [1.29, 1.82) is 0 Å². The molecule has 0 fully saturated rings. The second-order valence-corrected chi connectivity index (χ2v) is 4.57. The molecule has 6 nitrogen and oxygen atoms in total. The molecule has 0 saturated carbocycles. The van der Waals surface area contributed by atoms with Crippen molar-refractivity contribution in [3.05, 3.63) is 39.4 Å². The van der Waals surface area contributed by atoms with Gasteiger partial charge in [-0.3, -0.25) is 14.9 Å². The molecule has 0 aliphatic carbocycles. The highest BCUT2D eigenvalue weighted by Crippen LogP contribution is 2.19. The van der Waals surface area contributed by atoms with E-state index in [9.17, 15) is 14.9 Å².